The molecule has 0 aliphatic heterocycles. The predicted octanol–water partition coefficient (Wildman–Crippen LogP) is 11.5. The molecule has 3 heteroatoms. The number of hydrogen-bond donors (Lipinski definition) is 0. The maximum atomic E-state index is 2.34. The molecule has 0 unspecified atom stereocenters. The molecule has 0 saturated carbocycles. The Bertz CT molecular complexity index is 860. The molecule has 0 radical (unpaired) electrons. The summed E-state index contributed by atoms with van der Waals surface area (Å²) in [6, 6.07) is 35.3. The van der Waals surface area contributed by atoms with Crippen LogP contribution in [0.4, 0.5) is 17.1 Å². The molecule has 3 aromatic carbocycles. The van der Waals surface area contributed by atoms with Crippen LogP contribution in [0.1, 0.15) is 59.3 Å². The fourth-order valence-electron chi connectivity index (χ4n) is 4.32. The minimum atomic E-state index is -0.967. The van der Waals surface area contributed by atoms with Crippen molar-refractivity contribution in [1.29, 1.82) is 0 Å². The zero-order chi connectivity index (χ0) is 26.4. The van der Waals surface area contributed by atoms with Crippen LogP contribution >= 0.6 is 11.3 Å². The van der Waals surface area contributed by atoms with E-state index in [1.807, 2.05) is 41.1 Å². The average Bonchev–Trinajstić information content (AvgIpc) is 3.56. The average molecular weight is 621 g/mol. The summed E-state index contributed by atoms with van der Waals surface area (Å²) in [7, 11) is 0. The Hall–Kier alpha value is -2.04. The van der Waals surface area contributed by atoms with E-state index < -0.39 is 19.8 Å². The number of benzene rings is 3. The van der Waals surface area contributed by atoms with Crippen LogP contribution in [0.25, 0.3) is 0 Å². The second-order valence-corrected chi connectivity index (χ2v) is 20.1. The first-order valence-corrected chi connectivity index (χ1v) is 22.2. The van der Waals surface area contributed by atoms with Gasteiger partial charge in [0, 0.05) is 17.1 Å². The molecule has 1 aromatic heterocycles. The first-order valence-electron chi connectivity index (χ1n) is 14.2. The molecular weight excluding hydrogens is 573 g/mol. The number of para-hydroxylation sites is 3. The minimum Gasteiger partial charge on any atom is -0.311 e. The molecule has 198 valence electrons. The summed E-state index contributed by atoms with van der Waals surface area (Å²) >= 11 is 0.746. The van der Waals surface area contributed by atoms with Crippen molar-refractivity contribution in [3.05, 3.63) is 114 Å². The van der Waals surface area contributed by atoms with Gasteiger partial charge in [-0.15, -0.1) is 0 Å². The third-order valence-corrected chi connectivity index (χ3v) is 17.5. The Labute approximate surface area is 238 Å². The van der Waals surface area contributed by atoms with Crippen molar-refractivity contribution in [2.24, 2.45) is 0 Å². The van der Waals surface area contributed by atoms with Gasteiger partial charge in [0.25, 0.3) is 0 Å². The fourth-order valence-corrected chi connectivity index (χ4v) is 15.7. The summed E-state index contributed by atoms with van der Waals surface area (Å²) in [5.74, 6) is 0. The van der Waals surface area contributed by atoms with Gasteiger partial charge in [-0.1, -0.05) is 66.7 Å². The largest absolute Gasteiger partial charge is 0.311 e. The Morgan fingerprint density at radius 2 is 0.811 bits per heavy atom. The summed E-state index contributed by atoms with van der Waals surface area (Å²) < 4.78 is 5.08. The SMILES string of the molecule is CCC[CH2][SnH]([CH2]CCC)[CH2]CCC.c1ccc(N(c2ccccc2)c2ccccc2)cc1.c1ccsc1. The first kappa shape index (κ1) is 31.2. The van der Waals surface area contributed by atoms with Crippen LogP contribution in [0.15, 0.2) is 114 Å². The molecule has 0 saturated heterocycles. The van der Waals surface area contributed by atoms with E-state index in [0.29, 0.717) is 0 Å². The van der Waals surface area contributed by atoms with Crippen LogP contribution in [0.2, 0.25) is 13.3 Å². The molecular formula is C34H47NSSn. The monoisotopic (exact) mass is 621 g/mol. The van der Waals surface area contributed by atoms with Gasteiger partial charge >= 0.3 is 92.4 Å². The summed E-state index contributed by atoms with van der Waals surface area (Å²) in [6.07, 6.45) is 8.87. The van der Waals surface area contributed by atoms with Crippen molar-refractivity contribution < 1.29 is 0 Å². The predicted molar refractivity (Wildman–Crippen MR) is 172 cm³/mol. The van der Waals surface area contributed by atoms with Crippen molar-refractivity contribution in [3.8, 4) is 0 Å². The van der Waals surface area contributed by atoms with E-state index in [1.54, 1.807) is 24.6 Å². The zero-order valence-corrected chi connectivity index (χ0v) is 27.4. The normalized spacial score (nSPS) is 10.2. The van der Waals surface area contributed by atoms with Gasteiger partial charge in [0.15, 0.2) is 0 Å². The van der Waals surface area contributed by atoms with Crippen LogP contribution < -0.4 is 4.90 Å². The molecule has 0 bridgehead atoms. The molecule has 0 N–H and O–H groups in total. The van der Waals surface area contributed by atoms with Gasteiger partial charge in [-0.05, 0) is 47.2 Å². The van der Waals surface area contributed by atoms with Crippen molar-refractivity contribution >= 4 is 48.2 Å². The van der Waals surface area contributed by atoms with Crippen molar-refractivity contribution in [2.45, 2.75) is 72.6 Å². The van der Waals surface area contributed by atoms with E-state index in [4.69, 9.17) is 0 Å². The summed E-state index contributed by atoms with van der Waals surface area (Å²) in [5.41, 5.74) is 3.50. The van der Waals surface area contributed by atoms with Crippen LogP contribution in [0.3, 0.4) is 0 Å². The number of anilines is 3. The number of unbranched alkanes of at least 4 members (excludes halogenated alkanes) is 3. The maximum absolute atomic E-state index is 2.34. The number of thiophene rings is 1. The molecule has 4 rings (SSSR count). The van der Waals surface area contributed by atoms with Gasteiger partial charge in [0.1, 0.15) is 0 Å². The van der Waals surface area contributed by atoms with E-state index >= 15 is 0 Å². The third kappa shape index (κ3) is 13.4. The van der Waals surface area contributed by atoms with Gasteiger partial charge in [-0.25, -0.2) is 0 Å². The van der Waals surface area contributed by atoms with E-state index in [9.17, 15) is 0 Å². The molecule has 0 aliphatic carbocycles. The Balaban J connectivity index is 0.000000231. The summed E-state index contributed by atoms with van der Waals surface area (Å²) in [5, 5.41) is 4.08. The molecule has 4 aromatic rings. The molecule has 1 nitrogen and oxygen atoms in total. The minimum absolute atomic E-state index is 0.967. The molecule has 0 amide bonds. The summed E-state index contributed by atoms with van der Waals surface area (Å²) in [4.78, 5) is 2.25. The van der Waals surface area contributed by atoms with E-state index in [0.717, 1.165) is 0 Å². The van der Waals surface area contributed by atoms with E-state index in [1.165, 1.54) is 55.6 Å². The molecule has 1 heterocycles. The molecule has 0 fully saturated rings. The summed E-state index contributed by atoms with van der Waals surface area (Å²) in [6.45, 7) is 7.01. The van der Waals surface area contributed by atoms with E-state index in [2.05, 4.69) is 98.5 Å². The number of nitrogens with zero attached hydrogens (tertiary/aromatic N) is 1. The standard InChI is InChI=1S/C18H15N.C4H4S.3C4H9.Sn.H/c1-4-10-16(11-5-1)19(17-12-6-2-7-13-17)18-14-8-3-9-15-18;1-2-4-5-3-1;3*1-3-4-2;;/h1-15H;1-4H;3*1,3-4H2,2H3;;. The van der Waals surface area contributed by atoms with Crippen LogP contribution in [-0.4, -0.2) is 19.8 Å². The Morgan fingerprint density at radius 1 is 0.486 bits per heavy atom. The van der Waals surface area contributed by atoms with Gasteiger partial charge in [0.2, 0.25) is 0 Å². The van der Waals surface area contributed by atoms with Crippen LogP contribution in [-0.2, 0) is 0 Å². The number of hydrogen-bond acceptors (Lipinski definition) is 2. The van der Waals surface area contributed by atoms with Gasteiger partial charge in [-0.2, -0.15) is 11.3 Å². The smallest absolute Gasteiger partial charge is 0.0461 e. The number of rotatable bonds is 12. The molecule has 0 aliphatic rings. The Morgan fingerprint density at radius 3 is 1.05 bits per heavy atom. The van der Waals surface area contributed by atoms with Crippen molar-refractivity contribution in [2.75, 3.05) is 4.90 Å². The van der Waals surface area contributed by atoms with Crippen molar-refractivity contribution in [1.82, 2.24) is 0 Å². The topological polar surface area (TPSA) is 3.24 Å². The van der Waals surface area contributed by atoms with E-state index in [-0.39, 0.29) is 0 Å². The van der Waals surface area contributed by atoms with Crippen LogP contribution in [0.5, 0.6) is 0 Å². The fraction of sp³-hybridized carbons (Fsp3) is 0.353. The maximum Gasteiger partial charge on any atom is 0.0461 e. The zero-order valence-electron chi connectivity index (χ0n) is 23.3. The van der Waals surface area contributed by atoms with Crippen LogP contribution in [0, 0.1) is 0 Å². The Kier molecular flexibility index (Phi) is 17.7. The second kappa shape index (κ2) is 21.0. The first-order chi connectivity index (χ1) is 18.3. The quantitative estimate of drug-likeness (QED) is 0.143. The molecule has 0 spiro atoms. The second-order valence-electron chi connectivity index (χ2n) is 9.43. The van der Waals surface area contributed by atoms with Gasteiger partial charge < -0.3 is 4.90 Å². The van der Waals surface area contributed by atoms with Crippen molar-refractivity contribution in [3.63, 3.8) is 0 Å². The molecule has 0 atom stereocenters. The molecule has 37 heavy (non-hydrogen) atoms. The van der Waals surface area contributed by atoms with Gasteiger partial charge in [-0.3, -0.25) is 0 Å². The van der Waals surface area contributed by atoms with Gasteiger partial charge in [0.05, 0.1) is 0 Å². The third-order valence-electron chi connectivity index (χ3n) is 6.37.